The van der Waals surface area contributed by atoms with E-state index in [0.717, 1.165) is 28.6 Å². The number of pyridine rings is 1. The molecule has 4 N–H and O–H groups in total. The Morgan fingerprint density at radius 1 is 1.11 bits per heavy atom. The van der Waals surface area contributed by atoms with Crippen molar-refractivity contribution < 1.29 is 19.4 Å². The second-order valence-electron chi connectivity index (χ2n) is 9.31. The normalized spacial score (nSPS) is 12.3. The fourth-order valence-corrected chi connectivity index (χ4v) is 3.91. The number of aliphatic hydroxyl groups is 1. The minimum Gasteiger partial charge on any atom is -0.490 e. The van der Waals surface area contributed by atoms with E-state index in [-0.39, 0.29) is 18.1 Å². The Labute approximate surface area is 210 Å². The third-order valence-electron chi connectivity index (χ3n) is 5.82. The molecular weight excluding hydrogens is 456 g/mol. The Balaban J connectivity index is 1.24. The van der Waals surface area contributed by atoms with Crippen LogP contribution in [-0.2, 0) is 6.42 Å². The van der Waals surface area contributed by atoms with E-state index in [4.69, 9.17) is 9.47 Å². The van der Waals surface area contributed by atoms with E-state index in [1.54, 1.807) is 19.2 Å². The molecule has 36 heavy (non-hydrogen) atoms. The van der Waals surface area contributed by atoms with Gasteiger partial charge in [-0.1, -0.05) is 18.2 Å². The molecule has 4 aromatic rings. The Bertz CT molecular complexity index is 1280. The third-order valence-corrected chi connectivity index (χ3v) is 5.82. The van der Waals surface area contributed by atoms with Crippen molar-refractivity contribution in [2.45, 2.75) is 31.9 Å². The van der Waals surface area contributed by atoms with E-state index in [1.807, 2.05) is 54.7 Å². The number of benzene rings is 2. The number of carbonyl (C=O) groups is 1. The molecule has 2 aromatic heterocycles. The zero-order chi connectivity index (χ0) is 25.5. The van der Waals surface area contributed by atoms with Crippen molar-refractivity contribution in [2.24, 2.45) is 0 Å². The van der Waals surface area contributed by atoms with Crippen LogP contribution in [0.4, 0.5) is 0 Å². The van der Waals surface area contributed by atoms with Gasteiger partial charge >= 0.3 is 0 Å². The predicted octanol–water partition coefficient (Wildman–Crippen LogP) is 4.07. The monoisotopic (exact) mass is 488 g/mol. The standard InChI is InChI=1S/C28H32N4O4/c1-28(2,32-17-21(33)18-35-25-6-4-5-24-23(25)13-14-30-24)15-19-7-10-22(11-8-19)36-26-12-9-20(16-31-26)27(34)29-3/h4-14,16,21,30,32-33H,15,17-18H2,1-3H3,(H,29,34)/t21-/m0/s1. The summed E-state index contributed by atoms with van der Waals surface area (Å²) in [5.41, 5.74) is 2.38. The number of fused-ring (bicyclic) bond motifs is 1. The minimum absolute atomic E-state index is 0.191. The van der Waals surface area contributed by atoms with Gasteiger partial charge in [0.2, 0.25) is 5.88 Å². The lowest BCUT2D eigenvalue weighted by Gasteiger charge is -2.28. The third kappa shape index (κ3) is 6.62. The molecule has 0 bridgehead atoms. The average Bonchev–Trinajstić information content (AvgIpc) is 3.37. The first kappa shape index (κ1) is 25.2. The van der Waals surface area contributed by atoms with Crippen LogP contribution in [0, 0.1) is 0 Å². The van der Waals surface area contributed by atoms with E-state index >= 15 is 0 Å². The van der Waals surface area contributed by atoms with Gasteiger partial charge in [0, 0.05) is 48.5 Å². The molecule has 0 aliphatic heterocycles. The quantitative estimate of drug-likeness (QED) is 0.254. The molecule has 8 heteroatoms. The molecule has 2 aromatic carbocycles. The number of ether oxygens (including phenoxy) is 2. The molecule has 0 unspecified atom stereocenters. The number of H-pyrrole nitrogens is 1. The predicted molar refractivity (Wildman–Crippen MR) is 140 cm³/mol. The highest BCUT2D eigenvalue weighted by Gasteiger charge is 2.20. The zero-order valence-corrected chi connectivity index (χ0v) is 20.7. The average molecular weight is 489 g/mol. The first-order chi connectivity index (χ1) is 17.3. The molecule has 0 saturated carbocycles. The van der Waals surface area contributed by atoms with Crippen LogP contribution in [0.3, 0.4) is 0 Å². The van der Waals surface area contributed by atoms with Gasteiger partial charge in [-0.2, -0.15) is 0 Å². The Hall–Kier alpha value is -3.88. The molecule has 2 heterocycles. The SMILES string of the molecule is CNC(=O)c1ccc(Oc2ccc(CC(C)(C)NC[C@H](O)COc3cccc4[nH]ccc34)cc2)nc1. The van der Waals surface area contributed by atoms with Crippen molar-refractivity contribution in [1.29, 1.82) is 0 Å². The fourth-order valence-electron chi connectivity index (χ4n) is 3.91. The van der Waals surface area contributed by atoms with Crippen molar-refractivity contribution in [2.75, 3.05) is 20.2 Å². The molecule has 0 saturated heterocycles. The van der Waals surface area contributed by atoms with Gasteiger partial charge in [-0.25, -0.2) is 4.98 Å². The van der Waals surface area contributed by atoms with Crippen LogP contribution < -0.4 is 20.1 Å². The molecule has 188 valence electrons. The van der Waals surface area contributed by atoms with Crippen molar-refractivity contribution in [1.82, 2.24) is 20.6 Å². The number of β-amino-alcohol motifs (C(OH)–C–C–N with tert-alkyl or cyclic N) is 1. The van der Waals surface area contributed by atoms with Gasteiger partial charge in [-0.05, 0) is 62.2 Å². The maximum Gasteiger partial charge on any atom is 0.252 e. The summed E-state index contributed by atoms with van der Waals surface area (Å²) in [6, 6.07) is 18.9. The Kier molecular flexibility index (Phi) is 7.87. The summed E-state index contributed by atoms with van der Waals surface area (Å²) in [4.78, 5) is 19.0. The molecule has 4 rings (SSSR count). The maximum atomic E-state index is 11.6. The first-order valence-corrected chi connectivity index (χ1v) is 11.9. The number of rotatable bonds is 11. The Morgan fingerprint density at radius 2 is 1.92 bits per heavy atom. The molecule has 1 amide bonds. The zero-order valence-electron chi connectivity index (χ0n) is 20.7. The van der Waals surface area contributed by atoms with Crippen molar-refractivity contribution in [3.63, 3.8) is 0 Å². The molecule has 0 aliphatic rings. The molecule has 1 atom stereocenters. The lowest BCUT2D eigenvalue weighted by molar-refractivity contribution is 0.0962. The summed E-state index contributed by atoms with van der Waals surface area (Å²) in [5.74, 6) is 1.65. The van der Waals surface area contributed by atoms with E-state index < -0.39 is 6.10 Å². The second-order valence-corrected chi connectivity index (χ2v) is 9.31. The number of nitrogens with one attached hydrogen (secondary N) is 3. The minimum atomic E-state index is -0.642. The largest absolute Gasteiger partial charge is 0.490 e. The second kappa shape index (κ2) is 11.2. The smallest absolute Gasteiger partial charge is 0.252 e. The van der Waals surface area contributed by atoms with Gasteiger partial charge in [0.25, 0.3) is 5.91 Å². The van der Waals surface area contributed by atoms with Gasteiger partial charge in [0.05, 0.1) is 5.56 Å². The molecule has 0 spiro atoms. The number of hydrogen-bond acceptors (Lipinski definition) is 6. The summed E-state index contributed by atoms with van der Waals surface area (Å²) in [6.07, 6.45) is 3.48. The molecule has 0 radical (unpaired) electrons. The van der Waals surface area contributed by atoms with Crippen molar-refractivity contribution in [3.05, 3.63) is 84.2 Å². The van der Waals surface area contributed by atoms with Gasteiger partial charge < -0.3 is 30.2 Å². The number of aromatic nitrogens is 2. The first-order valence-electron chi connectivity index (χ1n) is 11.9. The van der Waals surface area contributed by atoms with Crippen molar-refractivity contribution in [3.8, 4) is 17.4 Å². The van der Waals surface area contributed by atoms with Crippen LogP contribution in [-0.4, -0.2) is 52.8 Å². The number of amides is 1. The number of aromatic amines is 1. The van der Waals surface area contributed by atoms with Crippen LogP contribution in [0.2, 0.25) is 0 Å². The highest BCUT2D eigenvalue weighted by atomic mass is 16.5. The summed E-state index contributed by atoms with van der Waals surface area (Å²) in [6.45, 7) is 4.82. The van der Waals surface area contributed by atoms with Crippen LogP contribution in [0.15, 0.2) is 73.1 Å². The van der Waals surface area contributed by atoms with E-state index in [1.165, 1.54) is 6.20 Å². The topological polar surface area (TPSA) is 109 Å². The van der Waals surface area contributed by atoms with Gasteiger partial charge in [0.15, 0.2) is 0 Å². The lowest BCUT2D eigenvalue weighted by atomic mass is 9.94. The fraction of sp³-hybridized carbons (Fsp3) is 0.286. The Morgan fingerprint density at radius 3 is 2.64 bits per heavy atom. The maximum absolute atomic E-state index is 11.6. The highest BCUT2D eigenvalue weighted by molar-refractivity contribution is 5.93. The summed E-state index contributed by atoms with van der Waals surface area (Å²) in [5, 5.41) is 17.5. The summed E-state index contributed by atoms with van der Waals surface area (Å²) >= 11 is 0. The van der Waals surface area contributed by atoms with Crippen molar-refractivity contribution >= 4 is 16.8 Å². The van der Waals surface area contributed by atoms with Gasteiger partial charge in [0.1, 0.15) is 24.2 Å². The summed E-state index contributed by atoms with van der Waals surface area (Å²) in [7, 11) is 1.58. The number of carbonyl (C=O) groups excluding carboxylic acids is 1. The number of aliphatic hydroxyl groups excluding tert-OH is 1. The van der Waals surface area contributed by atoms with E-state index in [0.29, 0.717) is 23.7 Å². The molecular formula is C28H32N4O4. The molecule has 0 aliphatic carbocycles. The van der Waals surface area contributed by atoms with Crippen LogP contribution >= 0.6 is 0 Å². The van der Waals surface area contributed by atoms with Gasteiger partial charge in [-0.3, -0.25) is 4.79 Å². The van der Waals surface area contributed by atoms with E-state index in [2.05, 4.69) is 34.4 Å². The lowest BCUT2D eigenvalue weighted by Crippen LogP contribution is -2.46. The van der Waals surface area contributed by atoms with Crippen LogP contribution in [0.5, 0.6) is 17.4 Å². The van der Waals surface area contributed by atoms with Crippen LogP contribution in [0.25, 0.3) is 10.9 Å². The molecule has 8 nitrogen and oxygen atoms in total. The highest BCUT2D eigenvalue weighted by Crippen LogP contribution is 2.25. The molecule has 0 fully saturated rings. The van der Waals surface area contributed by atoms with Gasteiger partial charge in [-0.15, -0.1) is 0 Å². The summed E-state index contributed by atoms with van der Waals surface area (Å²) < 4.78 is 11.6. The number of nitrogens with zero attached hydrogens (tertiary/aromatic N) is 1. The number of hydrogen-bond donors (Lipinski definition) is 4. The van der Waals surface area contributed by atoms with Crippen LogP contribution in [0.1, 0.15) is 29.8 Å². The van der Waals surface area contributed by atoms with E-state index in [9.17, 15) is 9.90 Å².